The molecule has 0 aliphatic carbocycles. The Morgan fingerprint density at radius 3 is 1.97 bits per heavy atom. The predicted octanol–water partition coefficient (Wildman–Crippen LogP) is 5.85. The molecule has 0 aromatic heterocycles. The fraction of sp³-hybridized carbons (Fsp3) is 0.321. The van der Waals surface area contributed by atoms with E-state index in [4.69, 9.17) is 9.47 Å². The average Bonchev–Trinajstić information content (AvgIpc) is 2.75. The first-order valence-corrected chi connectivity index (χ1v) is 11.1. The summed E-state index contributed by atoms with van der Waals surface area (Å²) in [5.74, 6) is -0.199. The van der Waals surface area contributed by atoms with Crippen LogP contribution >= 0.6 is 0 Å². The van der Waals surface area contributed by atoms with E-state index in [2.05, 4.69) is 6.92 Å². The van der Waals surface area contributed by atoms with Crippen LogP contribution in [0.5, 0.6) is 17.2 Å². The number of carbonyl (C=O) groups is 1. The molecule has 1 heterocycles. The van der Waals surface area contributed by atoms with Gasteiger partial charge in [-0.3, -0.25) is 0 Å². The lowest BCUT2D eigenvalue weighted by atomic mass is 9.90. The zero-order valence-corrected chi connectivity index (χ0v) is 19.9. The molecule has 33 heavy (non-hydrogen) atoms. The number of carbonyl (C=O) groups excluding carboxylic acids is 1. The lowest BCUT2D eigenvalue weighted by Gasteiger charge is -2.34. The normalized spacial score (nSPS) is 17.3. The van der Waals surface area contributed by atoms with Crippen molar-refractivity contribution in [3.8, 4) is 17.2 Å². The summed E-state index contributed by atoms with van der Waals surface area (Å²) in [7, 11) is 0. The lowest BCUT2D eigenvalue weighted by Crippen LogP contribution is -2.35. The number of hydrogen-bond donors (Lipinski definition) is 2. The van der Waals surface area contributed by atoms with Gasteiger partial charge < -0.3 is 19.7 Å². The third-order valence-electron chi connectivity index (χ3n) is 6.87. The van der Waals surface area contributed by atoms with Crippen molar-refractivity contribution >= 4 is 5.97 Å². The van der Waals surface area contributed by atoms with Crippen LogP contribution in [0, 0.1) is 41.5 Å². The van der Waals surface area contributed by atoms with E-state index in [1.54, 1.807) is 0 Å². The first kappa shape index (κ1) is 22.7. The van der Waals surface area contributed by atoms with Crippen molar-refractivity contribution in [2.45, 2.75) is 60.2 Å². The molecule has 3 aromatic rings. The minimum absolute atomic E-state index is 0.0807. The maximum absolute atomic E-state index is 13.2. The number of benzene rings is 3. The van der Waals surface area contributed by atoms with Crippen LogP contribution in [0.3, 0.4) is 0 Å². The fourth-order valence-corrected chi connectivity index (χ4v) is 4.43. The second-order valence-corrected chi connectivity index (χ2v) is 9.14. The third-order valence-corrected chi connectivity index (χ3v) is 6.87. The zero-order chi connectivity index (χ0) is 24.0. The summed E-state index contributed by atoms with van der Waals surface area (Å²) in [6, 6.07) is 10.5. The Kier molecular flexibility index (Phi) is 5.83. The summed E-state index contributed by atoms with van der Waals surface area (Å²) in [5.41, 5.74) is 8.53. The van der Waals surface area contributed by atoms with Crippen molar-refractivity contribution < 1.29 is 24.5 Å². The zero-order valence-electron chi connectivity index (χ0n) is 19.9. The van der Waals surface area contributed by atoms with Gasteiger partial charge in [0, 0.05) is 24.1 Å². The topological polar surface area (TPSA) is 76.0 Å². The Balaban J connectivity index is 1.75. The Bertz CT molecular complexity index is 1210. The fourth-order valence-electron chi connectivity index (χ4n) is 4.43. The molecule has 1 aliphatic rings. The van der Waals surface area contributed by atoms with Crippen LogP contribution in [-0.4, -0.2) is 22.3 Å². The molecule has 1 unspecified atom stereocenters. The van der Waals surface area contributed by atoms with Crippen LogP contribution in [0.2, 0.25) is 0 Å². The second kappa shape index (κ2) is 8.47. The van der Waals surface area contributed by atoms with E-state index in [-0.39, 0.29) is 17.9 Å². The largest absolute Gasteiger partial charge is 0.508 e. The van der Waals surface area contributed by atoms with Crippen molar-refractivity contribution in [3.05, 3.63) is 86.5 Å². The summed E-state index contributed by atoms with van der Waals surface area (Å²) >= 11 is 0. The van der Waals surface area contributed by atoms with Crippen molar-refractivity contribution in [3.63, 3.8) is 0 Å². The number of ether oxygens (including phenoxy) is 2. The van der Waals surface area contributed by atoms with Gasteiger partial charge in [0.1, 0.15) is 23.4 Å². The second-order valence-electron chi connectivity index (χ2n) is 9.14. The molecule has 4 rings (SSSR count). The molecule has 0 radical (unpaired) electrons. The number of phenols is 2. The van der Waals surface area contributed by atoms with Crippen molar-refractivity contribution in [2.75, 3.05) is 0 Å². The molecule has 0 fully saturated rings. The van der Waals surface area contributed by atoms with Gasteiger partial charge in [-0.1, -0.05) is 12.1 Å². The molecule has 0 spiro atoms. The van der Waals surface area contributed by atoms with Crippen LogP contribution in [0.1, 0.15) is 61.0 Å². The molecular weight excluding hydrogens is 416 g/mol. The SMILES string of the molecule is Cc1cc(C(=O)O[C@@H]2Cc3c(O)cc(O)cc3OC2c2cc(C)c(C)c(C)c2)cc(C)c1C. The molecular formula is C28H30O5. The maximum atomic E-state index is 13.2. The molecule has 1 aliphatic heterocycles. The summed E-state index contributed by atoms with van der Waals surface area (Å²) in [4.78, 5) is 13.2. The molecule has 0 saturated heterocycles. The number of fused-ring (bicyclic) bond motifs is 1. The molecule has 5 nitrogen and oxygen atoms in total. The first-order valence-electron chi connectivity index (χ1n) is 11.1. The predicted molar refractivity (Wildman–Crippen MR) is 127 cm³/mol. The van der Waals surface area contributed by atoms with E-state index >= 15 is 0 Å². The highest BCUT2D eigenvalue weighted by Gasteiger charge is 2.36. The number of phenolic OH excluding ortho intramolecular Hbond substituents is 2. The van der Waals surface area contributed by atoms with Gasteiger partial charge in [0.05, 0.1) is 5.56 Å². The number of esters is 1. The average molecular weight is 447 g/mol. The molecule has 0 saturated carbocycles. The highest BCUT2D eigenvalue weighted by Crippen LogP contribution is 2.43. The Morgan fingerprint density at radius 1 is 0.848 bits per heavy atom. The van der Waals surface area contributed by atoms with Gasteiger partial charge in [-0.05, 0) is 92.6 Å². The van der Waals surface area contributed by atoms with Gasteiger partial charge in [-0.15, -0.1) is 0 Å². The molecule has 0 bridgehead atoms. The van der Waals surface area contributed by atoms with E-state index in [0.717, 1.165) is 33.4 Å². The molecule has 2 atom stereocenters. The summed E-state index contributed by atoms with van der Waals surface area (Å²) < 4.78 is 12.3. The van der Waals surface area contributed by atoms with Gasteiger partial charge in [0.25, 0.3) is 0 Å². The van der Waals surface area contributed by atoms with E-state index < -0.39 is 18.2 Å². The Hall–Kier alpha value is -3.47. The smallest absolute Gasteiger partial charge is 0.338 e. The van der Waals surface area contributed by atoms with E-state index in [0.29, 0.717) is 16.9 Å². The third kappa shape index (κ3) is 4.28. The van der Waals surface area contributed by atoms with Gasteiger partial charge >= 0.3 is 5.97 Å². The molecule has 0 amide bonds. The van der Waals surface area contributed by atoms with Crippen LogP contribution in [0.15, 0.2) is 36.4 Å². The molecule has 5 heteroatoms. The molecule has 3 aromatic carbocycles. The highest BCUT2D eigenvalue weighted by atomic mass is 16.6. The summed E-state index contributed by atoms with van der Waals surface area (Å²) in [5, 5.41) is 20.4. The van der Waals surface area contributed by atoms with Crippen LogP contribution in [0.4, 0.5) is 0 Å². The number of aryl methyl sites for hydroxylation is 4. The van der Waals surface area contributed by atoms with Crippen molar-refractivity contribution in [1.82, 2.24) is 0 Å². The van der Waals surface area contributed by atoms with E-state index in [9.17, 15) is 15.0 Å². The maximum Gasteiger partial charge on any atom is 0.338 e. The van der Waals surface area contributed by atoms with Gasteiger partial charge in [0.15, 0.2) is 6.10 Å². The quantitative estimate of drug-likeness (QED) is 0.494. The number of aromatic hydroxyl groups is 2. The highest BCUT2D eigenvalue weighted by molar-refractivity contribution is 5.90. The number of hydrogen-bond acceptors (Lipinski definition) is 5. The molecule has 2 N–H and O–H groups in total. The van der Waals surface area contributed by atoms with E-state index in [1.807, 2.05) is 58.9 Å². The van der Waals surface area contributed by atoms with Crippen molar-refractivity contribution in [2.24, 2.45) is 0 Å². The first-order chi connectivity index (χ1) is 15.5. The van der Waals surface area contributed by atoms with Gasteiger partial charge in [-0.25, -0.2) is 4.79 Å². The monoisotopic (exact) mass is 446 g/mol. The van der Waals surface area contributed by atoms with Gasteiger partial charge in [0.2, 0.25) is 0 Å². The minimum Gasteiger partial charge on any atom is -0.508 e. The number of rotatable bonds is 3. The Morgan fingerprint density at radius 2 is 1.39 bits per heavy atom. The van der Waals surface area contributed by atoms with Gasteiger partial charge in [-0.2, -0.15) is 0 Å². The van der Waals surface area contributed by atoms with Crippen LogP contribution in [-0.2, 0) is 11.2 Å². The Labute approximate surface area is 194 Å². The van der Waals surface area contributed by atoms with Crippen molar-refractivity contribution in [1.29, 1.82) is 0 Å². The van der Waals surface area contributed by atoms with E-state index in [1.165, 1.54) is 17.7 Å². The summed E-state index contributed by atoms with van der Waals surface area (Å²) in [6.07, 6.45) is -0.953. The minimum atomic E-state index is -0.649. The standard InChI is InChI=1S/C28H30O5/c1-14-7-20(8-15(2)18(14)5)27-26(13-23-24(30)11-22(29)12-25(23)32-27)33-28(31)21-9-16(3)19(6)17(4)10-21/h7-12,26-27,29-30H,13H2,1-6H3/t26-,27?/m1/s1. The van der Waals surface area contributed by atoms with Crippen LogP contribution in [0.25, 0.3) is 0 Å². The summed E-state index contributed by atoms with van der Waals surface area (Å²) in [6.45, 7) is 12.1. The lowest BCUT2D eigenvalue weighted by molar-refractivity contribution is -0.0188. The molecule has 172 valence electrons. The van der Waals surface area contributed by atoms with Crippen LogP contribution < -0.4 is 4.74 Å².